The summed E-state index contributed by atoms with van der Waals surface area (Å²) >= 11 is 0. The average Bonchev–Trinajstić information content (AvgIpc) is 2.61. The van der Waals surface area contributed by atoms with Crippen LogP contribution in [0.2, 0.25) is 0 Å². The molecule has 0 spiro atoms. The molecule has 0 saturated heterocycles. The molecule has 1 N–H and O–H groups in total. The summed E-state index contributed by atoms with van der Waals surface area (Å²) in [6.07, 6.45) is 25.8. The SMILES string of the molecule is CCCCCCCC(C)(C)CCCCCCCCCCCCCCC(=O)O. The fourth-order valence-electron chi connectivity index (χ4n) is 3.98. The first-order valence-electron chi connectivity index (χ1n) is 12.2. The van der Waals surface area contributed by atoms with E-state index in [1.165, 1.54) is 109 Å². The number of carboxylic acid groups (broad SMARTS) is 1. The molecule has 0 aromatic heterocycles. The lowest BCUT2D eigenvalue weighted by Gasteiger charge is -2.24. The van der Waals surface area contributed by atoms with E-state index in [0.717, 1.165) is 12.8 Å². The van der Waals surface area contributed by atoms with Gasteiger partial charge in [0.05, 0.1) is 0 Å². The van der Waals surface area contributed by atoms with Gasteiger partial charge in [0.15, 0.2) is 0 Å². The highest BCUT2D eigenvalue weighted by atomic mass is 16.4. The molecule has 0 radical (unpaired) electrons. The zero-order valence-electron chi connectivity index (χ0n) is 19.0. The smallest absolute Gasteiger partial charge is 0.303 e. The van der Waals surface area contributed by atoms with Crippen molar-refractivity contribution in [2.24, 2.45) is 5.41 Å². The number of rotatable bonds is 21. The molecule has 0 bridgehead atoms. The van der Waals surface area contributed by atoms with Crippen LogP contribution in [0.5, 0.6) is 0 Å². The molecule has 27 heavy (non-hydrogen) atoms. The van der Waals surface area contributed by atoms with Crippen LogP contribution in [0.25, 0.3) is 0 Å². The van der Waals surface area contributed by atoms with Crippen LogP contribution in [0.1, 0.15) is 149 Å². The minimum Gasteiger partial charge on any atom is -0.481 e. The number of hydrogen-bond donors (Lipinski definition) is 1. The van der Waals surface area contributed by atoms with Crippen molar-refractivity contribution in [2.45, 2.75) is 149 Å². The summed E-state index contributed by atoms with van der Waals surface area (Å²) in [7, 11) is 0. The third-order valence-electron chi connectivity index (χ3n) is 5.95. The Labute approximate surface area is 170 Å². The summed E-state index contributed by atoms with van der Waals surface area (Å²) in [6.45, 7) is 7.22. The fourth-order valence-corrected chi connectivity index (χ4v) is 3.98. The number of aliphatic carboxylic acids is 1. The van der Waals surface area contributed by atoms with Crippen molar-refractivity contribution in [3.8, 4) is 0 Å². The number of hydrogen-bond acceptors (Lipinski definition) is 1. The Morgan fingerprint density at radius 1 is 0.593 bits per heavy atom. The molecular formula is C25H50O2. The van der Waals surface area contributed by atoms with E-state index < -0.39 is 5.97 Å². The first-order valence-corrected chi connectivity index (χ1v) is 12.2. The van der Waals surface area contributed by atoms with Gasteiger partial charge >= 0.3 is 5.97 Å². The summed E-state index contributed by atoms with van der Waals surface area (Å²) in [5, 5.41) is 8.59. The zero-order valence-corrected chi connectivity index (χ0v) is 19.0. The van der Waals surface area contributed by atoms with Crippen LogP contribution in [0.15, 0.2) is 0 Å². The van der Waals surface area contributed by atoms with Crippen molar-refractivity contribution in [2.75, 3.05) is 0 Å². The molecule has 0 saturated carbocycles. The van der Waals surface area contributed by atoms with Crippen LogP contribution in [0.3, 0.4) is 0 Å². The molecule has 2 heteroatoms. The molecule has 0 amide bonds. The summed E-state index contributed by atoms with van der Waals surface area (Å²) < 4.78 is 0. The van der Waals surface area contributed by atoms with Crippen LogP contribution < -0.4 is 0 Å². The first kappa shape index (κ1) is 26.5. The summed E-state index contributed by atoms with van der Waals surface area (Å²) in [5.74, 6) is -0.652. The lowest BCUT2D eigenvalue weighted by molar-refractivity contribution is -0.137. The molecule has 0 heterocycles. The van der Waals surface area contributed by atoms with Gasteiger partial charge in [0.2, 0.25) is 0 Å². The van der Waals surface area contributed by atoms with Crippen LogP contribution in [0, 0.1) is 5.41 Å². The molecule has 2 nitrogen and oxygen atoms in total. The average molecular weight is 383 g/mol. The second-order valence-corrected chi connectivity index (χ2v) is 9.46. The van der Waals surface area contributed by atoms with E-state index in [9.17, 15) is 4.79 Å². The van der Waals surface area contributed by atoms with Gasteiger partial charge in [0, 0.05) is 6.42 Å². The Morgan fingerprint density at radius 3 is 1.30 bits per heavy atom. The quantitative estimate of drug-likeness (QED) is 0.201. The third-order valence-corrected chi connectivity index (χ3v) is 5.95. The normalized spacial score (nSPS) is 11.8. The third kappa shape index (κ3) is 21.6. The number of unbranched alkanes of at least 4 members (excludes halogenated alkanes) is 15. The van der Waals surface area contributed by atoms with Crippen LogP contribution in [-0.4, -0.2) is 11.1 Å². The Morgan fingerprint density at radius 2 is 0.926 bits per heavy atom. The molecule has 0 aliphatic heterocycles. The van der Waals surface area contributed by atoms with E-state index in [0.29, 0.717) is 11.8 Å². The van der Waals surface area contributed by atoms with E-state index in [-0.39, 0.29) is 0 Å². The van der Waals surface area contributed by atoms with Crippen molar-refractivity contribution in [1.82, 2.24) is 0 Å². The van der Waals surface area contributed by atoms with E-state index in [4.69, 9.17) is 5.11 Å². The van der Waals surface area contributed by atoms with Gasteiger partial charge in [-0.15, -0.1) is 0 Å². The van der Waals surface area contributed by atoms with Gasteiger partial charge in [0.1, 0.15) is 0 Å². The Balaban J connectivity index is 3.26. The van der Waals surface area contributed by atoms with Gasteiger partial charge in [-0.25, -0.2) is 0 Å². The highest BCUT2D eigenvalue weighted by molar-refractivity contribution is 5.66. The van der Waals surface area contributed by atoms with Gasteiger partial charge in [-0.1, -0.05) is 124 Å². The number of carbonyl (C=O) groups is 1. The maximum absolute atomic E-state index is 10.4. The maximum atomic E-state index is 10.4. The maximum Gasteiger partial charge on any atom is 0.303 e. The van der Waals surface area contributed by atoms with Gasteiger partial charge in [0.25, 0.3) is 0 Å². The summed E-state index contributed by atoms with van der Waals surface area (Å²) in [6, 6.07) is 0. The minimum atomic E-state index is -0.652. The molecule has 0 aliphatic carbocycles. The van der Waals surface area contributed by atoms with E-state index in [1.807, 2.05) is 0 Å². The molecular weight excluding hydrogens is 332 g/mol. The molecule has 0 aromatic carbocycles. The largest absolute Gasteiger partial charge is 0.481 e. The van der Waals surface area contributed by atoms with Crippen molar-refractivity contribution in [3.05, 3.63) is 0 Å². The van der Waals surface area contributed by atoms with E-state index in [2.05, 4.69) is 20.8 Å². The molecule has 0 aliphatic rings. The number of carboxylic acids is 1. The van der Waals surface area contributed by atoms with Gasteiger partial charge in [-0.05, 0) is 24.7 Å². The van der Waals surface area contributed by atoms with Crippen molar-refractivity contribution in [3.63, 3.8) is 0 Å². The topological polar surface area (TPSA) is 37.3 Å². The zero-order chi connectivity index (χ0) is 20.2. The summed E-state index contributed by atoms with van der Waals surface area (Å²) in [5.41, 5.74) is 0.552. The lowest BCUT2D eigenvalue weighted by Crippen LogP contribution is -2.11. The highest BCUT2D eigenvalue weighted by Gasteiger charge is 2.16. The van der Waals surface area contributed by atoms with Gasteiger partial charge in [-0.3, -0.25) is 4.79 Å². The molecule has 0 atom stereocenters. The fraction of sp³-hybridized carbons (Fsp3) is 0.960. The van der Waals surface area contributed by atoms with E-state index in [1.54, 1.807) is 0 Å². The molecule has 0 aromatic rings. The highest BCUT2D eigenvalue weighted by Crippen LogP contribution is 2.30. The van der Waals surface area contributed by atoms with Gasteiger partial charge < -0.3 is 5.11 Å². The van der Waals surface area contributed by atoms with Gasteiger partial charge in [-0.2, -0.15) is 0 Å². The van der Waals surface area contributed by atoms with Crippen LogP contribution in [0.4, 0.5) is 0 Å². The standard InChI is InChI=1S/C25H50O2/c1-4-5-6-16-19-22-25(2,3)23-20-17-14-12-10-8-7-9-11-13-15-18-21-24(26)27/h4-23H2,1-3H3,(H,26,27). The Kier molecular flexibility index (Phi) is 18.4. The lowest BCUT2D eigenvalue weighted by atomic mass is 9.82. The predicted molar refractivity (Wildman–Crippen MR) is 119 cm³/mol. The van der Waals surface area contributed by atoms with Crippen molar-refractivity contribution in [1.29, 1.82) is 0 Å². The van der Waals surface area contributed by atoms with Crippen molar-refractivity contribution < 1.29 is 9.90 Å². The van der Waals surface area contributed by atoms with Crippen LogP contribution >= 0.6 is 0 Å². The van der Waals surface area contributed by atoms with E-state index >= 15 is 0 Å². The molecule has 0 rings (SSSR count). The Bertz CT molecular complexity index is 322. The van der Waals surface area contributed by atoms with Crippen LogP contribution in [-0.2, 0) is 4.79 Å². The molecule has 0 fully saturated rings. The minimum absolute atomic E-state index is 0.343. The first-order chi connectivity index (χ1) is 13.0. The second kappa shape index (κ2) is 18.8. The monoisotopic (exact) mass is 382 g/mol. The predicted octanol–water partition coefficient (Wildman–Crippen LogP) is 8.92. The summed E-state index contributed by atoms with van der Waals surface area (Å²) in [4.78, 5) is 10.4. The molecule has 162 valence electrons. The second-order valence-electron chi connectivity index (χ2n) is 9.46. The Hall–Kier alpha value is -0.530. The van der Waals surface area contributed by atoms with Crippen molar-refractivity contribution >= 4 is 5.97 Å². The molecule has 0 unspecified atom stereocenters.